The van der Waals surface area contributed by atoms with Crippen LogP contribution in [0.5, 0.6) is 0 Å². The first-order chi connectivity index (χ1) is 13.2. The van der Waals surface area contributed by atoms with Crippen LogP contribution in [0.1, 0.15) is 38.5 Å². The molecule has 1 saturated carbocycles. The van der Waals surface area contributed by atoms with Gasteiger partial charge in [0.2, 0.25) is 11.8 Å². The molecule has 2 amide bonds. The molecule has 6 nitrogen and oxygen atoms in total. The van der Waals surface area contributed by atoms with Crippen molar-refractivity contribution in [3.05, 3.63) is 24.3 Å². The van der Waals surface area contributed by atoms with E-state index in [0.717, 1.165) is 50.5 Å². The van der Waals surface area contributed by atoms with Crippen molar-refractivity contribution in [3.63, 3.8) is 0 Å². The Labute approximate surface area is 160 Å². The van der Waals surface area contributed by atoms with Crippen molar-refractivity contribution in [1.29, 1.82) is 0 Å². The number of benzene rings is 1. The Balaban J connectivity index is 1.33. The number of likely N-dealkylation sites (tertiary alicyclic amines) is 1. The van der Waals surface area contributed by atoms with Gasteiger partial charge in [-0.25, -0.2) is 0 Å². The molecule has 1 aromatic carbocycles. The van der Waals surface area contributed by atoms with E-state index in [4.69, 9.17) is 4.74 Å². The molecule has 1 aromatic rings. The van der Waals surface area contributed by atoms with E-state index in [1.165, 1.54) is 19.3 Å². The van der Waals surface area contributed by atoms with Crippen molar-refractivity contribution in [1.82, 2.24) is 4.90 Å². The highest BCUT2D eigenvalue weighted by Crippen LogP contribution is 2.29. The molecule has 1 atom stereocenters. The first kappa shape index (κ1) is 18.3. The standard InChI is InChI=1S/C21H29N3O3/c25-20-14-16(15-24(20)19-4-2-1-3-5-19)21(26)22-17-6-8-18(9-7-17)23-10-12-27-13-11-23/h6-9,16,19H,1-5,10-15H2,(H,22,26)/t16-/m0/s1. The lowest BCUT2D eigenvalue weighted by molar-refractivity contribution is -0.130. The molecule has 0 aromatic heterocycles. The Bertz CT molecular complexity index is 664. The normalized spacial score (nSPS) is 24.3. The molecule has 146 valence electrons. The number of hydrogen-bond donors (Lipinski definition) is 1. The van der Waals surface area contributed by atoms with Gasteiger partial charge in [0.15, 0.2) is 0 Å². The van der Waals surface area contributed by atoms with Gasteiger partial charge < -0.3 is 19.9 Å². The number of nitrogens with zero attached hydrogens (tertiary/aromatic N) is 2. The molecule has 27 heavy (non-hydrogen) atoms. The van der Waals surface area contributed by atoms with E-state index >= 15 is 0 Å². The number of hydrogen-bond acceptors (Lipinski definition) is 4. The van der Waals surface area contributed by atoms with Crippen LogP contribution in [0.2, 0.25) is 0 Å². The number of morpholine rings is 1. The van der Waals surface area contributed by atoms with Gasteiger partial charge in [-0.3, -0.25) is 9.59 Å². The number of rotatable bonds is 4. The summed E-state index contributed by atoms with van der Waals surface area (Å²) < 4.78 is 5.39. The Morgan fingerprint density at radius 2 is 1.74 bits per heavy atom. The third-order valence-corrected chi connectivity index (χ3v) is 6.06. The van der Waals surface area contributed by atoms with E-state index in [0.29, 0.717) is 19.0 Å². The monoisotopic (exact) mass is 371 g/mol. The second-order valence-electron chi connectivity index (χ2n) is 7.87. The fourth-order valence-corrected chi connectivity index (χ4v) is 4.47. The lowest BCUT2D eigenvalue weighted by atomic mass is 9.94. The van der Waals surface area contributed by atoms with E-state index in [1.807, 2.05) is 29.2 Å². The van der Waals surface area contributed by atoms with Gasteiger partial charge in [0.1, 0.15) is 0 Å². The Morgan fingerprint density at radius 1 is 1.04 bits per heavy atom. The second kappa shape index (κ2) is 8.30. The van der Waals surface area contributed by atoms with Crippen LogP contribution in [-0.2, 0) is 14.3 Å². The topological polar surface area (TPSA) is 61.9 Å². The molecular formula is C21H29N3O3. The minimum Gasteiger partial charge on any atom is -0.378 e. The fraction of sp³-hybridized carbons (Fsp3) is 0.619. The average Bonchev–Trinajstić information content (AvgIpc) is 3.12. The number of ether oxygens (including phenoxy) is 1. The van der Waals surface area contributed by atoms with E-state index in [1.54, 1.807) is 0 Å². The van der Waals surface area contributed by atoms with Crippen molar-refractivity contribution >= 4 is 23.2 Å². The zero-order chi connectivity index (χ0) is 18.6. The van der Waals surface area contributed by atoms with Gasteiger partial charge in [0, 0.05) is 43.5 Å². The predicted molar refractivity (Wildman–Crippen MR) is 105 cm³/mol. The minimum absolute atomic E-state index is 0.0409. The lowest BCUT2D eigenvalue weighted by Crippen LogP contribution is -2.38. The number of anilines is 2. The number of carbonyl (C=O) groups is 2. The van der Waals surface area contributed by atoms with Gasteiger partial charge >= 0.3 is 0 Å². The second-order valence-corrected chi connectivity index (χ2v) is 7.87. The van der Waals surface area contributed by atoms with Crippen LogP contribution in [0.3, 0.4) is 0 Å². The summed E-state index contributed by atoms with van der Waals surface area (Å²) >= 11 is 0. The quantitative estimate of drug-likeness (QED) is 0.884. The molecule has 2 aliphatic heterocycles. The summed E-state index contributed by atoms with van der Waals surface area (Å²) in [6.45, 7) is 3.87. The molecule has 0 spiro atoms. The molecule has 3 fully saturated rings. The predicted octanol–water partition coefficient (Wildman–Crippen LogP) is 2.64. The Hall–Kier alpha value is -2.08. The zero-order valence-electron chi connectivity index (χ0n) is 15.9. The molecule has 1 N–H and O–H groups in total. The van der Waals surface area contributed by atoms with Crippen molar-refractivity contribution in [2.45, 2.75) is 44.6 Å². The van der Waals surface area contributed by atoms with Crippen molar-refractivity contribution < 1.29 is 14.3 Å². The summed E-state index contributed by atoms with van der Waals surface area (Å²) in [7, 11) is 0. The maximum absolute atomic E-state index is 12.7. The summed E-state index contributed by atoms with van der Waals surface area (Å²) in [5.41, 5.74) is 1.94. The molecule has 3 aliphatic rings. The maximum atomic E-state index is 12.7. The first-order valence-corrected chi connectivity index (χ1v) is 10.2. The molecule has 0 radical (unpaired) electrons. The SMILES string of the molecule is O=C(Nc1ccc(N2CCOCC2)cc1)[C@H]1CC(=O)N(C2CCCCC2)C1. The summed E-state index contributed by atoms with van der Waals surface area (Å²) in [5.74, 6) is -0.135. The van der Waals surface area contributed by atoms with E-state index < -0.39 is 0 Å². The van der Waals surface area contributed by atoms with E-state index in [9.17, 15) is 9.59 Å². The minimum atomic E-state index is -0.238. The van der Waals surface area contributed by atoms with Crippen LogP contribution in [-0.4, -0.2) is 55.6 Å². The Morgan fingerprint density at radius 3 is 2.44 bits per heavy atom. The lowest BCUT2D eigenvalue weighted by Gasteiger charge is -2.31. The third-order valence-electron chi connectivity index (χ3n) is 6.06. The van der Waals surface area contributed by atoms with Gasteiger partial charge in [0.05, 0.1) is 19.1 Å². The third kappa shape index (κ3) is 4.26. The van der Waals surface area contributed by atoms with Crippen molar-refractivity contribution in [2.24, 2.45) is 5.92 Å². The van der Waals surface area contributed by atoms with E-state index in [2.05, 4.69) is 10.2 Å². The molecule has 0 bridgehead atoms. The zero-order valence-corrected chi connectivity index (χ0v) is 15.9. The summed E-state index contributed by atoms with van der Waals surface area (Å²) in [6.07, 6.45) is 6.17. The summed E-state index contributed by atoms with van der Waals surface area (Å²) in [5, 5.41) is 3.00. The average molecular weight is 371 g/mol. The number of amides is 2. The smallest absolute Gasteiger partial charge is 0.229 e. The molecule has 0 unspecified atom stereocenters. The van der Waals surface area contributed by atoms with Crippen LogP contribution in [0.4, 0.5) is 11.4 Å². The Kier molecular flexibility index (Phi) is 5.62. The molecule has 2 saturated heterocycles. The molecule has 2 heterocycles. The summed E-state index contributed by atoms with van der Waals surface area (Å²) in [6, 6.07) is 8.30. The van der Waals surface area contributed by atoms with Gasteiger partial charge in [-0.15, -0.1) is 0 Å². The number of nitrogens with one attached hydrogen (secondary N) is 1. The van der Waals surface area contributed by atoms with E-state index in [-0.39, 0.29) is 17.7 Å². The van der Waals surface area contributed by atoms with Crippen molar-refractivity contribution in [3.8, 4) is 0 Å². The maximum Gasteiger partial charge on any atom is 0.229 e. The van der Waals surface area contributed by atoms with Crippen LogP contribution < -0.4 is 10.2 Å². The first-order valence-electron chi connectivity index (χ1n) is 10.2. The highest BCUT2D eigenvalue weighted by Gasteiger charge is 2.38. The van der Waals surface area contributed by atoms with Crippen LogP contribution in [0.15, 0.2) is 24.3 Å². The van der Waals surface area contributed by atoms with Crippen LogP contribution in [0.25, 0.3) is 0 Å². The van der Waals surface area contributed by atoms with Crippen LogP contribution >= 0.6 is 0 Å². The van der Waals surface area contributed by atoms with Gasteiger partial charge in [-0.2, -0.15) is 0 Å². The molecule has 1 aliphatic carbocycles. The molecule has 6 heteroatoms. The summed E-state index contributed by atoms with van der Waals surface area (Å²) in [4.78, 5) is 29.3. The molecular weight excluding hydrogens is 342 g/mol. The van der Waals surface area contributed by atoms with Crippen molar-refractivity contribution in [2.75, 3.05) is 43.1 Å². The largest absolute Gasteiger partial charge is 0.378 e. The highest BCUT2D eigenvalue weighted by atomic mass is 16.5. The van der Waals surface area contributed by atoms with Gasteiger partial charge in [0.25, 0.3) is 0 Å². The number of carbonyl (C=O) groups excluding carboxylic acids is 2. The van der Waals surface area contributed by atoms with Gasteiger partial charge in [-0.05, 0) is 37.1 Å². The fourth-order valence-electron chi connectivity index (χ4n) is 4.47. The molecule has 4 rings (SSSR count). The van der Waals surface area contributed by atoms with Gasteiger partial charge in [-0.1, -0.05) is 19.3 Å². The highest BCUT2D eigenvalue weighted by molar-refractivity contribution is 5.97. The van der Waals surface area contributed by atoms with Crippen LogP contribution in [0, 0.1) is 5.92 Å².